The normalized spacial score (nSPS) is 13.5. The van der Waals surface area contributed by atoms with E-state index in [1.807, 2.05) is 0 Å². The first-order valence-electron chi connectivity index (χ1n) is 9.31. The van der Waals surface area contributed by atoms with E-state index in [1.165, 1.54) is 30.2 Å². The minimum atomic E-state index is -3.39. The number of nitro benzene ring substituents is 1. The maximum atomic E-state index is 13.3. The quantitative estimate of drug-likeness (QED) is 0.507. The van der Waals surface area contributed by atoms with Gasteiger partial charge in [-0.1, -0.05) is 0 Å². The van der Waals surface area contributed by atoms with E-state index in [0.29, 0.717) is 37.2 Å². The van der Waals surface area contributed by atoms with Crippen molar-refractivity contribution >= 4 is 27.1 Å². The van der Waals surface area contributed by atoms with Crippen LogP contribution in [-0.4, -0.2) is 45.8 Å². The van der Waals surface area contributed by atoms with Crippen LogP contribution in [0, 0.1) is 10.1 Å². The predicted octanol–water partition coefficient (Wildman–Crippen LogP) is 3.00. The van der Waals surface area contributed by atoms with Gasteiger partial charge in [-0.3, -0.25) is 14.9 Å². The van der Waals surface area contributed by atoms with Crippen molar-refractivity contribution < 1.29 is 27.6 Å². The van der Waals surface area contributed by atoms with E-state index in [1.54, 1.807) is 19.1 Å². The zero-order valence-corrected chi connectivity index (χ0v) is 17.7. The number of amides is 1. The number of anilines is 1. The van der Waals surface area contributed by atoms with Crippen molar-refractivity contribution in [3.8, 4) is 11.5 Å². The van der Waals surface area contributed by atoms with Crippen LogP contribution < -0.4 is 14.4 Å². The first-order chi connectivity index (χ1) is 14.2. The molecule has 0 spiro atoms. The molecule has 0 fully saturated rings. The van der Waals surface area contributed by atoms with Gasteiger partial charge in [0.15, 0.2) is 21.3 Å². The number of aryl methyl sites for hydroxylation is 1. The molecule has 0 unspecified atom stereocenters. The van der Waals surface area contributed by atoms with Gasteiger partial charge in [0.05, 0.1) is 29.6 Å². The number of methoxy groups -OCH3 is 1. The second kappa shape index (κ2) is 8.31. The molecule has 10 heteroatoms. The van der Waals surface area contributed by atoms with Crippen LogP contribution in [0.2, 0.25) is 0 Å². The molecule has 0 radical (unpaired) electrons. The largest absolute Gasteiger partial charge is 0.493 e. The average Bonchev–Trinajstić information content (AvgIpc) is 2.71. The molecule has 0 saturated carbocycles. The summed E-state index contributed by atoms with van der Waals surface area (Å²) in [5.74, 6) is -0.158. The van der Waals surface area contributed by atoms with E-state index in [-0.39, 0.29) is 27.6 Å². The molecule has 160 valence electrons. The minimum Gasteiger partial charge on any atom is -0.493 e. The van der Waals surface area contributed by atoms with Gasteiger partial charge in [0, 0.05) is 24.6 Å². The van der Waals surface area contributed by atoms with Crippen molar-refractivity contribution in [1.82, 2.24) is 0 Å². The fourth-order valence-corrected chi connectivity index (χ4v) is 4.13. The molecule has 0 atom stereocenters. The summed E-state index contributed by atoms with van der Waals surface area (Å²) in [5.41, 5.74) is 0.741. The van der Waals surface area contributed by atoms with Gasteiger partial charge in [0.1, 0.15) is 5.56 Å². The lowest BCUT2D eigenvalue weighted by Crippen LogP contribution is -2.36. The Kier molecular flexibility index (Phi) is 5.97. The van der Waals surface area contributed by atoms with Crippen LogP contribution in [0.15, 0.2) is 35.2 Å². The zero-order valence-electron chi connectivity index (χ0n) is 16.9. The van der Waals surface area contributed by atoms with E-state index in [4.69, 9.17) is 9.47 Å². The minimum absolute atomic E-state index is 0.121. The van der Waals surface area contributed by atoms with Crippen LogP contribution in [-0.2, 0) is 16.3 Å². The van der Waals surface area contributed by atoms with Crippen molar-refractivity contribution in [2.75, 3.05) is 31.4 Å². The van der Waals surface area contributed by atoms with Crippen molar-refractivity contribution in [3.63, 3.8) is 0 Å². The average molecular weight is 434 g/mol. The molecule has 9 nitrogen and oxygen atoms in total. The molecule has 30 heavy (non-hydrogen) atoms. The number of rotatable bonds is 6. The summed E-state index contributed by atoms with van der Waals surface area (Å²) in [6.07, 6.45) is 2.34. The van der Waals surface area contributed by atoms with Crippen LogP contribution in [0.1, 0.15) is 29.3 Å². The van der Waals surface area contributed by atoms with E-state index in [0.717, 1.165) is 6.26 Å². The Morgan fingerprint density at radius 3 is 2.57 bits per heavy atom. The van der Waals surface area contributed by atoms with Gasteiger partial charge in [0.25, 0.3) is 11.6 Å². The fraction of sp³-hybridized carbons (Fsp3) is 0.350. The van der Waals surface area contributed by atoms with Crippen molar-refractivity contribution in [3.05, 3.63) is 51.6 Å². The summed E-state index contributed by atoms with van der Waals surface area (Å²) in [4.78, 5) is 25.9. The molecule has 1 heterocycles. The lowest BCUT2D eigenvalue weighted by atomic mass is 10.00. The molecule has 1 aliphatic rings. The monoisotopic (exact) mass is 434 g/mol. The summed E-state index contributed by atoms with van der Waals surface area (Å²) in [7, 11) is -2.02. The van der Waals surface area contributed by atoms with Crippen LogP contribution >= 0.6 is 0 Å². The number of fused-ring (bicyclic) bond motifs is 1. The number of benzene rings is 2. The molecule has 2 aromatic rings. The molecule has 3 rings (SSSR count). The second-order valence-corrected chi connectivity index (χ2v) is 8.85. The van der Waals surface area contributed by atoms with Crippen LogP contribution in [0.25, 0.3) is 0 Å². The van der Waals surface area contributed by atoms with Gasteiger partial charge in [-0.05, 0) is 43.5 Å². The van der Waals surface area contributed by atoms with E-state index < -0.39 is 20.7 Å². The number of hydrogen-bond donors (Lipinski definition) is 0. The third-order valence-corrected chi connectivity index (χ3v) is 5.96. The molecule has 0 aliphatic carbocycles. The summed E-state index contributed by atoms with van der Waals surface area (Å²) in [5, 5.41) is 11.6. The SMILES string of the molecule is CCOc1cc(C(=O)N2CCCc3cc(S(C)(=O)=O)ccc32)c([N+](=O)[O-])cc1OC. The predicted molar refractivity (Wildman–Crippen MR) is 110 cm³/mol. The summed E-state index contributed by atoms with van der Waals surface area (Å²) in [6.45, 7) is 2.41. The molecular formula is C20H22N2O7S. The maximum absolute atomic E-state index is 13.3. The lowest BCUT2D eigenvalue weighted by Gasteiger charge is -2.30. The highest BCUT2D eigenvalue weighted by molar-refractivity contribution is 7.90. The van der Waals surface area contributed by atoms with Gasteiger partial charge in [-0.2, -0.15) is 0 Å². The molecule has 0 aromatic heterocycles. The standard InChI is InChI=1S/C20H22N2O7S/c1-4-29-19-11-15(17(22(24)25)12-18(19)28-2)20(23)21-9-5-6-13-10-14(30(3,26)27)7-8-16(13)21/h7-8,10-12H,4-6,9H2,1-3H3. The third-order valence-electron chi connectivity index (χ3n) is 4.85. The smallest absolute Gasteiger partial charge is 0.286 e. The van der Waals surface area contributed by atoms with E-state index >= 15 is 0 Å². The number of hydrogen-bond acceptors (Lipinski definition) is 7. The Bertz CT molecular complexity index is 1110. The molecule has 0 N–H and O–H groups in total. The number of carbonyl (C=O) groups is 1. The van der Waals surface area contributed by atoms with E-state index in [2.05, 4.69) is 0 Å². The van der Waals surface area contributed by atoms with Gasteiger partial charge < -0.3 is 14.4 Å². The highest BCUT2D eigenvalue weighted by atomic mass is 32.2. The number of ether oxygens (including phenoxy) is 2. The van der Waals surface area contributed by atoms with Crippen LogP contribution in [0.5, 0.6) is 11.5 Å². The van der Waals surface area contributed by atoms with Gasteiger partial charge in [-0.15, -0.1) is 0 Å². The molecular weight excluding hydrogens is 412 g/mol. The topological polar surface area (TPSA) is 116 Å². The number of carbonyl (C=O) groups excluding carboxylic acids is 1. The van der Waals surface area contributed by atoms with Crippen LogP contribution in [0.3, 0.4) is 0 Å². The Hall–Kier alpha value is -3.14. The van der Waals surface area contributed by atoms with Crippen molar-refractivity contribution in [2.45, 2.75) is 24.7 Å². The van der Waals surface area contributed by atoms with Gasteiger partial charge in [0.2, 0.25) is 0 Å². The first kappa shape index (κ1) is 21.6. The Balaban J connectivity index is 2.10. The Morgan fingerprint density at radius 1 is 1.23 bits per heavy atom. The van der Waals surface area contributed by atoms with Crippen molar-refractivity contribution in [2.24, 2.45) is 0 Å². The first-order valence-corrected chi connectivity index (χ1v) is 11.2. The van der Waals surface area contributed by atoms with Gasteiger partial charge in [-0.25, -0.2) is 8.42 Å². The highest BCUT2D eigenvalue weighted by Gasteiger charge is 2.31. The Labute approximate surface area is 174 Å². The Morgan fingerprint density at radius 2 is 1.97 bits per heavy atom. The van der Waals surface area contributed by atoms with Crippen LogP contribution in [0.4, 0.5) is 11.4 Å². The fourth-order valence-electron chi connectivity index (χ4n) is 3.46. The molecule has 0 saturated heterocycles. The maximum Gasteiger partial charge on any atom is 0.286 e. The summed E-state index contributed by atoms with van der Waals surface area (Å²) < 4.78 is 34.3. The van der Waals surface area contributed by atoms with Crippen molar-refractivity contribution in [1.29, 1.82) is 0 Å². The number of nitrogens with zero attached hydrogens (tertiary/aromatic N) is 2. The lowest BCUT2D eigenvalue weighted by molar-refractivity contribution is -0.385. The molecule has 1 amide bonds. The van der Waals surface area contributed by atoms with Gasteiger partial charge >= 0.3 is 0 Å². The molecule has 1 aliphatic heterocycles. The summed E-state index contributed by atoms with van der Waals surface area (Å²) in [6, 6.07) is 7.06. The highest BCUT2D eigenvalue weighted by Crippen LogP contribution is 2.37. The number of nitro groups is 1. The number of sulfone groups is 1. The van der Waals surface area contributed by atoms with E-state index in [9.17, 15) is 23.3 Å². The molecule has 0 bridgehead atoms. The molecule has 2 aromatic carbocycles. The third kappa shape index (κ3) is 4.09. The second-order valence-electron chi connectivity index (χ2n) is 6.83. The summed E-state index contributed by atoms with van der Waals surface area (Å²) >= 11 is 0. The zero-order chi connectivity index (χ0) is 22.1.